The molecule has 0 bridgehead atoms. The van der Waals surface area contributed by atoms with E-state index in [2.05, 4.69) is 0 Å². The number of aryl methyl sites for hydroxylation is 1. The minimum absolute atomic E-state index is 0.119. The van der Waals surface area contributed by atoms with E-state index in [9.17, 15) is 4.79 Å². The third-order valence-electron chi connectivity index (χ3n) is 3.55. The molecule has 92 valence electrons. The molecule has 1 heterocycles. The second-order valence-electron chi connectivity index (χ2n) is 5.23. The van der Waals surface area contributed by atoms with E-state index in [0.717, 1.165) is 30.5 Å². The van der Waals surface area contributed by atoms with Crippen molar-refractivity contribution in [3.63, 3.8) is 0 Å². The summed E-state index contributed by atoms with van der Waals surface area (Å²) in [7, 11) is 0. The summed E-state index contributed by atoms with van der Waals surface area (Å²) in [6.45, 7) is 5.33. The van der Waals surface area contributed by atoms with Gasteiger partial charge in [-0.3, -0.25) is 4.79 Å². The van der Waals surface area contributed by atoms with Gasteiger partial charge < -0.3 is 10.6 Å². The summed E-state index contributed by atoms with van der Waals surface area (Å²) in [5.74, 6) is 0.119. The lowest BCUT2D eigenvalue weighted by Crippen LogP contribution is -2.52. The molecule has 0 fully saturated rings. The highest BCUT2D eigenvalue weighted by Crippen LogP contribution is 2.24. The van der Waals surface area contributed by atoms with Gasteiger partial charge >= 0.3 is 0 Å². The van der Waals surface area contributed by atoms with Crippen LogP contribution in [0.5, 0.6) is 0 Å². The third-order valence-corrected chi connectivity index (χ3v) is 3.55. The molecule has 3 nitrogen and oxygen atoms in total. The largest absolute Gasteiger partial charge is 0.332 e. The molecule has 0 spiro atoms. The van der Waals surface area contributed by atoms with Gasteiger partial charge in [-0.1, -0.05) is 18.2 Å². The summed E-state index contributed by atoms with van der Waals surface area (Å²) >= 11 is 0. The Morgan fingerprint density at radius 2 is 2.06 bits per heavy atom. The zero-order valence-electron chi connectivity index (χ0n) is 10.6. The number of hydrogen-bond acceptors (Lipinski definition) is 2. The van der Waals surface area contributed by atoms with Gasteiger partial charge in [-0.2, -0.15) is 0 Å². The lowest BCUT2D eigenvalue weighted by Gasteiger charge is -2.37. The molecule has 3 heteroatoms. The predicted molar refractivity (Wildman–Crippen MR) is 68.9 cm³/mol. The number of amides is 1. The van der Waals surface area contributed by atoms with Crippen molar-refractivity contribution in [2.24, 2.45) is 5.73 Å². The standard InChI is InChI=1S/C14H20N2O/c1-14(2,10-15)16-9-5-7-11-6-3-4-8-12(11)13(16)17/h3-4,6,8H,5,7,9-10,15H2,1-2H3. The molecular formula is C14H20N2O. The van der Waals surface area contributed by atoms with Crippen LogP contribution in [0.1, 0.15) is 36.2 Å². The molecule has 17 heavy (non-hydrogen) atoms. The Hall–Kier alpha value is -1.35. The zero-order chi connectivity index (χ0) is 12.5. The first-order valence-corrected chi connectivity index (χ1v) is 6.16. The minimum atomic E-state index is -0.269. The summed E-state index contributed by atoms with van der Waals surface area (Å²) < 4.78 is 0. The number of nitrogens with zero attached hydrogens (tertiary/aromatic N) is 1. The van der Waals surface area contributed by atoms with Gasteiger partial charge in [-0.05, 0) is 38.3 Å². The molecule has 2 N–H and O–H groups in total. The molecule has 0 atom stereocenters. The number of carbonyl (C=O) groups is 1. The van der Waals surface area contributed by atoms with Crippen molar-refractivity contribution in [2.75, 3.05) is 13.1 Å². The lowest BCUT2D eigenvalue weighted by atomic mass is 10.0. The summed E-state index contributed by atoms with van der Waals surface area (Å²) in [5, 5.41) is 0. The smallest absolute Gasteiger partial charge is 0.254 e. The molecule has 0 saturated heterocycles. The van der Waals surface area contributed by atoms with Crippen LogP contribution in [-0.4, -0.2) is 29.4 Å². The third kappa shape index (κ3) is 2.20. The monoisotopic (exact) mass is 232 g/mol. The van der Waals surface area contributed by atoms with Gasteiger partial charge in [0.25, 0.3) is 5.91 Å². The number of rotatable bonds is 2. The van der Waals surface area contributed by atoms with E-state index >= 15 is 0 Å². The molecule has 0 radical (unpaired) electrons. The van der Waals surface area contributed by atoms with Crippen LogP contribution < -0.4 is 5.73 Å². The van der Waals surface area contributed by atoms with Crippen LogP contribution >= 0.6 is 0 Å². The van der Waals surface area contributed by atoms with Gasteiger partial charge in [0.05, 0.1) is 0 Å². The molecule has 1 aromatic carbocycles. The average molecular weight is 232 g/mol. The molecule has 0 aromatic heterocycles. The molecular weight excluding hydrogens is 212 g/mol. The summed E-state index contributed by atoms with van der Waals surface area (Å²) in [5.41, 5.74) is 7.51. The molecule has 1 aromatic rings. The van der Waals surface area contributed by atoms with Crippen LogP contribution in [0, 0.1) is 0 Å². The molecule has 0 saturated carbocycles. The lowest BCUT2D eigenvalue weighted by molar-refractivity contribution is 0.0571. The Morgan fingerprint density at radius 3 is 2.76 bits per heavy atom. The van der Waals surface area contributed by atoms with Gasteiger partial charge in [0.2, 0.25) is 0 Å². The Bertz CT molecular complexity index is 426. The first-order valence-electron chi connectivity index (χ1n) is 6.16. The zero-order valence-corrected chi connectivity index (χ0v) is 10.6. The Kier molecular flexibility index (Phi) is 3.20. The van der Waals surface area contributed by atoms with Crippen LogP contribution in [0.25, 0.3) is 0 Å². The van der Waals surface area contributed by atoms with Crippen LogP contribution in [0.2, 0.25) is 0 Å². The Morgan fingerprint density at radius 1 is 1.35 bits per heavy atom. The molecule has 2 rings (SSSR count). The van der Waals surface area contributed by atoms with E-state index in [-0.39, 0.29) is 11.4 Å². The quantitative estimate of drug-likeness (QED) is 0.845. The van der Waals surface area contributed by atoms with Crippen LogP contribution in [0.15, 0.2) is 24.3 Å². The summed E-state index contributed by atoms with van der Waals surface area (Å²) in [6, 6.07) is 7.89. The number of benzene rings is 1. The van der Waals surface area contributed by atoms with E-state index < -0.39 is 0 Å². The van der Waals surface area contributed by atoms with E-state index in [1.165, 1.54) is 0 Å². The minimum Gasteiger partial charge on any atom is -0.332 e. The summed E-state index contributed by atoms with van der Waals surface area (Å²) in [6.07, 6.45) is 1.98. The van der Waals surface area contributed by atoms with Crippen LogP contribution in [-0.2, 0) is 6.42 Å². The van der Waals surface area contributed by atoms with E-state index in [1.807, 2.05) is 43.0 Å². The maximum Gasteiger partial charge on any atom is 0.254 e. The average Bonchev–Trinajstić information content (AvgIpc) is 2.50. The van der Waals surface area contributed by atoms with Crippen molar-refractivity contribution in [2.45, 2.75) is 32.2 Å². The van der Waals surface area contributed by atoms with E-state index in [1.54, 1.807) is 0 Å². The molecule has 1 amide bonds. The molecule has 0 unspecified atom stereocenters. The van der Waals surface area contributed by atoms with Crippen molar-refractivity contribution in [3.8, 4) is 0 Å². The number of hydrogen-bond donors (Lipinski definition) is 1. The highest BCUT2D eigenvalue weighted by molar-refractivity contribution is 5.96. The van der Waals surface area contributed by atoms with Crippen molar-refractivity contribution < 1.29 is 4.79 Å². The predicted octanol–water partition coefficient (Wildman–Crippen LogP) is 1.81. The maximum absolute atomic E-state index is 12.5. The SMILES string of the molecule is CC(C)(CN)N1CCCc2ccccc2C1=O. The van der Waals surface area contributed by atoms with Crippen molar-refractivity contribution >= 4 is 5.91 Å². The van der Waals surface area contributed by atoms with Crippen molar-refractivity contribution in [1.29, 1.82) is 0 Å². The van der Waals surface area contributed by atoms with Gasteiger partial charge in [-0.15, -0.1) is 0 Å². The van der Waals surface area contributed by atoms with Gasteiger partial charge in [0.15, 0.2) is 0 Å². The van der Waals surface area contributed by atoms with Gasteiger partial charge in [-0.25, -0.2) is 0 Å². The fourth-order valence-corrected chi connectivity index (χ4v) is 2.31. The van der Waals surface area contributed by atoms with Crippen molar-refractivity contribution in [3.05, 3.63) is 35.4 Å². The highest BCUT2D eigenvalue weighted by Gasteiger charge is 2.32. The maximum atomic E-state index is 12.5. The van der Waals surface area contributed by atoms with E-state index in [4.69, 9.17) is 5.73 Å². The molecule has 1 aliphatic rings. The fraction of sp³-hybridized carbons (Fsp3) is 0.500. The van der Waals surface area contributed by atoms with E-state index in [0.29, 0.717) is 6.54 Å². The van der Waals surface area contributed by atoms with Gasteiger partial charge in [0, 0.05) is 24.2 Å². The summed E-state index contributed by atoms with van der Waals surface area (Å²) in [4.78, 5) is 14.4. The number of nitrogens with two attached hydrogens (primary N) is 1. The molecule has 0 aliphatic carbocycles. The Balaban J connectivity index is 2.39. The first kappa shape index (κ1) is 12.1. The number of carbonyl (C=O) groups excluding carboxylic acids is 1. The fourth-order valence-electron chi connectivity index (χ4n) is 2.31. The highest BCUT2D eigenvalue weighted by atomic mass is 16.2. The number of fused-ring (bicyclic) bond motifs is 1. The van der Waals surface area contributed by atoms with Crippen molar-refractivity contribution in [1.82, 2.24) is 4.90 Å². The second-order valence-corrected chi connectivity index (χ2v) is 5.23. The second kappa shape index (κ2) is 4.49. The topological polar surface area (TPSA) is 46.3 Å². The first-order chi connectivity index (χ1) is 8.06. The van der Waals surface area contributed by atoms with Crippen LogP contribution in [0.4, 0.5) is 0 Å². The van der Waals surface area contributed by atoms with Gasteiger partial charge in [0.1, 0.15) is 0 Å². The molecule has 1 aliphatic heterocycles. The Labute approximate surface area is 103 Å². The normalized spacial score (nSPS) is 16.6. The van der Waals surface area contributed by atoms with Crippen LogP contribution in [0.3, 0.4) is 0 Å².